The lowest BCUT2D eigenvalue weighted by atomic mass is 9.86. The number of methoxy groups -OCH3 is 2. The third kappa shape index (κ3) is 9.23. The average Bonchev–Trinajstić information content (AvgIpc) is 3.49. The molecule has 0 spiro atoms. The average molecular weight is 621 g/mol. The molecule has 10 nitrogen and oxygen atoms in total. The van der Waals surface area contributed by atoms with Gasteiger partial charge >= 0.3 is 0 Å². The molecule has 1 aromatic rings. The molecule has 44 heavy (non-hydrogen) atoms. The fourth-order valence-corrected chi connectivity index (χ4v) is 6.61. The van der Waals surface area contributed by atoms with E-state index >= 15 is 0 Å². The van der Waals surface area contributed by atoms with E-state index in [2.05, 4.69) is 19.2 Å². The van der Waals surface area contributed by atoms with Gasteiger partial charge in [-0.1, -0.05) is 71.4 Å². The number of ether oxygens (including phenoxy) is 2. The number of hydrogen-bond acceptors (Lipinski definition) is 8. The van der Waals surface area contributed by atoms with E-state index in [0.717, 1.165) is 24.8 Å². The summed E-state index contributed by atoms with van der Waals surface area (Å²) < 4.78 is 11.9. The van der Waals surface area contributed by atoms with Gasteiger partial charge in [0.2, 0.25) is 11.8 Å². The molecule has 10 heteroatoms. The summed E-state index contributed by atoms with van der Waals surface area (Å²) in [6.45, 7) is 14.0. The second-order valence-corrected chi connectivity index (χ2v) is 13.3. The second-order valence-electron chi connectivity index (χ2n) is 13.3. The minimum Gasteiger partial charge on any atom is -0.387 e. The highest BCUT2D eigenvalue weighted by molar-refractivity contribution is 5.82. The Morgan fingerprint density at radius 2 is 1.75 bits per heavy atom. The summed E-state index contributed by atoms with van der Waals surface area (Å²) in [5.74, 6) is -0.593. The monoisotopic (exact) mass is 620 g/mol. The van der Waals surface area contributed by atoms with E-state index < -0.39 is 42.0 Å². The summed E-state index contributed by atoms with van der Waals surface area (Å²) in [5, 5.41) is 25.7. The zero-order chi connectivity index (χ0) is 33.4. The zero-order valence-corrected chi connectivity index (χ0v) is 28.7. The molecule has 0 radical (unpaired) electrons. The van der Waals surface area contributed by atoms with Crippen molar-refractivity contribution in [3.63, 3.8) is 0 Å². The Hall–Kier alpha value is -2.08. The van der Waals surface area contributed by atoms with Gasteiger partial charge in [-0.2, -0.15) is 0 Å². The minimum absolute atomic E-state index is 0.0141. The maximum atomic E-state index is 13.9. The van der Waals surface area contributed by atoms with E-state index in [0.29, 0.717) is 6.54 Å². The SMILES string of the molecule is CC[C@H](C)[C@@H]([C@@H](CC(=O)N1CCC[C@H]1[C@H](OC)[C@@H](C)C(C)(O)N[C@H](C)[C@@H](O)c1ccccc1)OC)N(C)C(=O)[C@@H](N)C(C)C. The van der Waals surface area contributed by atoms with Crippen molar-refractivity contribution in [3.05, 3.63) is 35.9 Å². The largest absolute Gasteiger partial charge is 0.387 e. The third-order valence-electron chi connectivity index (χ3n) is 9.87. The number of benzene rings is 1. The third-order valence-corrected chi connectivity index (χ3v) is 9.87. The van der Waals surface area contributed by atoms with Crippen LogP contribution < -0.4 is 11.1 Å². The molecule has 1 aliphatic rings. The Kier molecular flexibility index (Phi) is 14.7. The van der Waals surface area contributed by atoms with Gasteiger partial charge in [-0.15, -0.1) is 0 Å². The molecular weight excluding hydrogens is 560 g/mol. The predicted molar refractivity (Wildman–Crippen MR) is 174 cm³/mol. The molecule has 2 rings (SSSR count). The van der Waals surface area contributed by atoms with Crippen molar-refractivity contribution in [2.45, 2.75) is 122 Å². The molecule has 1 saturated heterocycles. The summed E-state index contributed by atoms with van der Waals surface area (Å²) in [6, 6.07) is 7.68. The number of likely N-dealkylation sites (N-methyl/N-ethyl adjacent to an activating group) is 1. The first kappa shape index (κ1) is 38.1. The molecule has 0 bridgehead atoms. The van der Waals surface area contributed by atoms with Crippen LogP contribution in [0.5, 0.6) is 0 Å². The maximum Gasteiger partial charge on any atom is 0.239 e. The number of nitrogens with zero attached hydrogens (tertiary/aromatic N) is 2. The molecule has 1 unspecified atom stereocenters. The first-order valence-corrected chi connectivity index (χ1v) is 16.2. The number of nitrogens with one attached hydrogen (secondary N) is 1. The van der Waals surface area contributed by atoms with Gasteiger partial charge in [-0.3, -0.25) is 14.9 Å². The van der Waals surface area contributed by atoms with E-state index in [1.807, 2.05) is 62.9 Å². The van der Waals surface area contributed by atoms with Crippen LogP contribution in [0, 0.1) is 17.8 Å². The summed E-state index contributed by atoms with van der Waals surface area (Å²) in [5.41, 5.74) is 5.59. The van der Waals surface area contributed by atoms with Crippen LogP contribution >= 0.6 is 0 Å². The fourth-order valence-electron chi connectivity index (χ4n) is 6.61. The Bertz CT molecular complexity index is 1020. The first-order chi connectivity index (χ1) is 20.6. The number of aliphatic hydroxyl groups excluding tert-OH is 1. The number of carbonyl (C=O) groups excluding carboxylic acids is 2. The summed E-state index contributed by atoms with van der Waals surface area (Å²) in [6.07, 6.45) is 0.667. The fraction of sp³-hybridized carbons (Fsp3) is 0.765. The Morgan fingerprint density at radius 3 is 2.27 bits per heavy atom. The standard InChI is InChI=1S/C34H60N4O6/c1-11-22(4)30(37(8)33(41)29(35)21(2)3)27(43-9)20-28(39)38-19-15-18-26(38)32(44-10)23(5)34(7,42)36-24(6)31(40)25-16-13-12-14-17-25/h12-14,16-17,21-24,26-27,29-32,36,40,42H,11,15,18-20,35H2,1-10H3/t22-,23+,24+,26-,27+,29-,30-,31+,32+,34?/m0/s1. The lowest BCUT2D eigenvalue weighted by Gasteiger charge is -2.43. The van der Waals surface area contributed by atoms with Crippen LogP contribution in [0.3, 0.4) is 0 Å². The molecule has 2 amide bonds. The molecule has 0 saturated carbocycles. The number of rotatable bonds is 17. The van der Waals surface area contributed by atoms with Crippen LogP contribution in [-0.2, 0) is 19.1 Å². The summed E-state index contributed by atoms with van der Waals surface area (Å²) >= 11 is 0. The van der Waals surface area contributed by atoms with Crippen molar-refractivity contribution in [1.82, 2.24) is 15.1 Å². The van der Waals surface area contributed by atoms with Gasteiger partial charge in [0.15, 0.2) is 0 Å². The molecule has 252 valence electrons. The molecule has 5 N–H and O–H groups in total. The molecule has 1 fully saturated rings. The van der Waals surface area contributed by atoms with Gasteiger partial charge in [0.05, 0.1) is 42.9 Å². The lowest BCUT2D eigenvalue weighted by molar-refractivity contribution is -0.149. The van der Waals surface area contributed by atoms with Crippen LogP contribution in [0.4, 0.5) is 0 Å². The molecular formula is C34H60N4O6. The topological polar surface area (TPSA) is 138 Å². The smallest absolute Gasteiger partial charge is 0.239 e. The normalized spacial score (nSPS) is 22.4. The van der Waals surface area contributed by atoms with Crippen molar-refractivity contribution in [1.29, 1.82) is 0 Å². The van der Waals surface area contributed by atoms with Gasteiger partial charge < -0.3 is 35.2 Å². The van der Waals surface area contributed by atoms with Gasteiger partial charge in [-0.05, 0) is 44.1 Å². The number of carbonyl (C=O) groups is 2. The number of aliphatic hydroxyl groups is 2. The highest BCUT2D eigenvalue weighted by Crippen LogP contribution is 2.33. The van der Waals surface area contributed by atoms with Crippen molar-refractivity contribution in [2.75, 3.05) is 27.8 Å². The van der Waals surface area contributed by atoms with Gasteiger partial charge in [0.25, 0.3) is 0 Å². The minimum atomic E-state index is -1.40. The van der Waals surface area contributed by atoms with Crippen molar-refractivity contribution in [3.8, 4) is 0 Å². The van der Waals surface area contributed by atoms with Crippen LogP contribution in [-0.4, -0.2) is 102 Å². The van der Waals surface area contributed by atoms with E-state index in [-0.39, 0.29) is 42.2 Å². The highest BCUT2D eigenvalue weighted by atomic mass is 16.5. The summed E-state index contributed by atoms with van der Waals surface area (Å²) in [4.78, 5) is 30.7. The van der Waals surface area contributed by atoms with Crippen LogP contribution in [0.15, 0.2) is 30.3 Å². The van der Waals surface area contributed by atoms with Crippen LogP contribution in [0.2, 0.25) is 0 Å². The Morgan fingerprint density at radius 1 is 1.14 bits per heavy atom. The Balaban J connectivity index is 2.22. The van der Waals surface area contributed by atoms with Gasteiger partial charge in [0.1, 0.15) is 5.72 Å². The van der Waals surface area contributed by atoms with Crippen molar-refractivity contribution >= 4 is 11.8 Å². The van der Waals surface area contributed by atoms with Crippen LogP contribution in [0.1, 0.15) is 85.8 Å². The number of hydrogen-bond donors (Lipinski definition) is 4. The van der Waals surface area contributed by atoms with E-state index in [1.54, 1.807) is 33.1 Å². The molecule has 0 aliphatic carbocycles. The molecule has 1 aliphatic heterocycles. The maximum absolute atomic E-state index is 13.9. The lowest BCUT2D eigenvalue weighted by Crippen LogP contribution is -2.60. The number of nitrogens with two attached hydrogens (primary N) is 1. The van der Waals surface area contributed by atoms with E-state index in [1.165, 1.54) is 0 Å². The summed E-state index contributed by atoms with van der Waals surface area (Å²) in [7, 11) is 4.95. The molecule has 1 aromatic carbocycles. The first-order valence-electron chi connectivity index (χ1n) is 16.2. The number of amides is 2. The van der Waals surface area contributed by atoms with Gasteiger partial charge in [-0.25, -0.2) is 0 Å². The quantitative estimate of drug-likeness (QED) is 0.195. The van der Waals surface area contributed by atoms with Crippen molar-refractivity contribution in [2.24, 2.45) is 23.5 Å². The Labute approximate surface area is 265 Å². The van der Waals surface area contributed by atoms with Crippen molar-refractivity contribution < 1.29 is 29.3 Å². The molecule has 1 heterocycles. The van der Waals surface area contributed by atoms with Gasteiger partial charge in [0, 0.05) is 39.8 Å². The van der Waals surface area contributed by atoms with E-state index in [4.69, 9.17) is 15.2 Å². The predicted octanol–water partition coefficient (Wildman–Crippen LogP) is 3.31. The van der Waals surface area contributed by atoms with E-state index in [9.17, 15) is 19.8 Å². The molecule has 0 aromatic heterocycles. The highest BCUT2D eigenvalue weighted by Gasteiger charge is 2.45. The second kappa shape index (κ2) is 17.0. The zero-order valence-electron chi connectivity index (χ0n) is 28.7. The number of likely N-dealkylation sites (tertiary alicyclic amines) is 1. The van der Waals surface area contributed by atoms with Crippen LogP contribution in [0.25, 0.3) is 0 Å². The molecule has 10 atom stereocenters.